The Morgan fingerprint density at radius 3 is 2.52 bits per heavy atom. The van der Waals surface area contributed by atoms with Crippen molar-refractivity contribution in [3.8, 4) is 5.75 Å². The van der Waals surface area contributed by atoms with Gasteiger partial charge in [0.1, 0.15) is 5.75 Å². The Balaban J connectivity index is 1.48. The number of carbonyl (C=O) groups is 2. The molecule has 0 saturated carbocycles. The fourth-order valence-corrected chi connectivity index (χ4v) is 3.08. The lowest BCUT2D eigenvalue weighted by Gasteiger charge is -2.06. The molecule has 3 aromatic carbocycles. The zero-order valence-corrected chi connectivity index (χ0v) is 18.1. The third-order valence-corrected chi connectivity index (χ3v) is 4.66. The Morgan fingerprint density at radius 1 is 1.03 bits per heavy atom. The molecule has 3 rings (SSSR count). The molecular formula is C23H19Cl2N3O3. The predicted octanol–water partition coefficient (Wildman–Crippen LogP) is 5.08. The fourth-order valence-electron chi connectivity index (χ4n) is 2.59. The van der Waals surface area contributed by atoms with Crippen LogP contribution in [0.4, 0.5) is 5.69 Å². The normalized spacial score (nSPS) is 10.7. The van der Waals surface area contributed by atoms with Crippen molar-refractivity contribution in [2.45, 2.75) is 6.92 Å². The van der Waals surface area contributed by atoms with Crippen LogP contribution in [0.25, 0.3) is 0 Å². The van der Waals surface area contributed by atoms with Crippen LogP contribution in [-0.2, 0) is 4.79 Å². The maximum Gasteiger partial charge on any atom is 0.345 e. The van der Waals surface area contributed by atoms with Crippen LogP contribution in [0, 0.1) is 6.92 Å². The highest BCUT2D eigenvalue weighted by molar-refractivity contribution is 6.36. The van der Waals surface area contributed by atoms with Crippen molar-refractivity contribution in [2.24, 2.45) is 5.10 Å². The summed E-state index contributed by atoms with van der Waals surface area (Å²) in [6.07, 6.45) is 1.49. The molecule has 0 radical (unpaired) electrons. The molecular weight excluding hydrogens is 437 g/mol. The van der Waals surface area contributed by atoms with E-state index in [1.807, 2.05) is 31.2 Å². The summed E-state index contributed by atoms with van der Waals surface area (Å²) in [6.45, 7) is 2.08. The Morgan fingerprint density at radius 2 is 1.81 bits per heavy atom. The number of carbonyl (C=O) groups excluding carboxylic acids is 2. The second-order valence-electron chi connectivity index (χ2n) is 6.60. The van der Waals surface area contributed by atoms with Gasteiger partial charge in [0, 0.05) is 10.7 Å². The number of anilines is 1. The number of halogens is 2. The van der Waals surface area contributed by atoms with Gasteiger partial charge in [-0.15, -0.1) is 0 Å². The summed E-state index contributed by atoms with van der Waals surface area (Å²) in [5, 5.41) is 7.61. The first-order valence-electron chi connectivity index (χ1n) is 9.30. The van der Waals surface area contributed by atoms with Crippen molar-refractivity contribution in [2.75, 3.05) is 11.9 Å². The van der Waals surface area contributed by atoms with Gasteiger partial charge in [-0.25, -0.2) is 10.2 Å². The zero-order valence-electron chi connectivity index (χ0n) is 16.6. The van der Waals surface area contributed by atoms with Gasteiger partial charge in [-0.3, -0.25) is 4.79 Å². The monoisotopic (exact) mass is 455 g/mol. The molecule has 0 bridgehead atoms. The second kappa shape index (κ2) is 10.6. The Bertz CT molecular complexity index is 1120. The number of amides is 1. The molecule has 0 unspecified atom stereocenters. The topological polar surface area (TPSA) is 79.8 Å². The average Bonchev–Trinajstić information content (AvgIpc) is 2.73. The molecule has 8 heteroatoms. The van der Waals surface area contributed by atoms with Crippen molar-refractivity contribution < 1.29 is 14.3 Å². The Hall–Kier alpha value is -3.35. The third-order valence-electron chi connectivity index (χ3n) is 4.12. The summed E-state index contributed by atoms with van der Waals surface area (Å²) in [5.74, 6) is -0.515. The van der Waals surface area contributed by atoms with Crippen molar-refractivity contribution in [3.05, 3.63) is 93.5 Å². The van der Waals surface area contributed by atoms with E-state index in [1.54, 1.807) is 30.3 Å². The van der Waals surface area contributed by atoms with E-state index in [0.717, 1.165) is 16.8 Å². The number of ether oxygens (including phenoxy) is 1. The minimum absolute atomic E-state index is 0.100. The van der Waals surface area contributed by atoms with Crippen LogP contribution >= 0.6 is 23.2 Å². The van der Waals surface area contributed by atoms with Gasteiger partial charge in [0.05, 0.1) is 23.3 Å². The number of rotatable bonds is 7. The number of hydrogen-bond acceptors (Lipinski definition) is 5. The molecule has 6 nitrogen and oxygen atoms in total. The van der Waals surface area contributed by atoms with E-state index >= 15 is 0 Å². The molecule has 3 aromatic rings. The van der Waals surface area contributed by atoms with Crippen molar-refractivity contribution in [1.82, 2.24) is 5.43 Å². The van der Waals surface area contributed by atoms with Gasteiger partial charge in [0.25, 0.3) is 5.91 Å². The smallest absolute Gasteiger partial charge is 0.345 e. The maximum absolute atomic E-state index is 12.2. The van der Waals surface area contributed by atoms with Crippen LogP contribution in [0.15, 0.2) is 71.8 Å². The van der Waals surface area contributed by atoms with E-state index in [4.69, 9.17) is 27.9 Å². The van der Waals surface area contributed by atoms with E-state index in [2.05, 4.69) is 15.8 Å². The molecule has 0 aromatic heterocycles. The van der Waals surface area contributed by atoms with E-state index < -0.39 is 5.97 Å². The number of hydrazone groups is 1. The summed E-state index contributed by atoms with van der Waals surface area (Å²) in [5.41, 5.74) is 5.36. The number of nitrogens with zero attached hydrogens (tertiary/aromatic N) is 1. The molecule has 0 fully saturated rings. The first kappa shape index (κ1) is 22.3. The van der Waals surface area contributed by atoms with Crippen LogP contribution < -0.4 is 15.5 Å². The van der Waals surface area contributed by atoms with E-state index in [9.17, 15) is 9.59 Å². The van der Waals surface area contributed by atoms with Gasteiger partial charge >= 0.3 is 5.97 Å². The first-order chi connectivity index (χ1) is 14.9. The van der Waals surface area contributed by atoms with Crippen molar-refractivity contribution in [3.63, 3.8) is 0 Å². The van der Waals surface area contributed by atoms with Gasteiger partial charge in [0.2, 0.25) is 0 Å². The number of benzene rings is 3. The molecule has 2 N–H and O–H groups in total. The lowest BCUT2D eigenvalue weighted by Crippen LogP contribution is -2.25. The molecule has 1 amide bonds. The molecule has 158 valence electrons. The number of hydrogen-bond donors (Lipinski definition) is 2. The minimum atomic E-state index is -0.587. The lowest BCUT2D eigenvalue weighted by molar-refractivity contribution is -0.119. The lowest BCUT2D eigenvalue weighted by atomic mass is 10.2. The van der Waals surface area contributed by atoms with Crippen LogP contribution in [-0.4, -0.2) is 24.6 Å². The molecule has 0 saturated heterocycles. The fraction of sp³-hybridized carbons (Fsp3) is 0.0870. The van der Waals surface area contributed by atoms with E-state index in [0.29, 0.717) is 10.8 Å². The standard InChI is InChI=1S/C23H19Cl2N3O3/c1-15-3-2-4-18(11-15)26-14-22(29)28-27-13-16-5-8-19(9-6-16)31-23(30)20-10-7-17(24)12-21(20)25/h2-13,26H,14H2,1H3,(H,28,29)/b27-13+. The van der Waals surface area contributed by atoms with Crippen LogP contribution in [0.1, 0.15) is 21.5 Å². The van der Waals surface area contributed by atoms with Gasteiger partial charge in [-0.2, -0.15) is 5.10 Å². The maximum atomic E-state index is 12.2. The highest BCUT2D eigenvalue weighted by atomic mass is 35.5. The number of nitrogens with one attached hydrogen (secondary N) is 2. The third kappa shape index (κ3) is 6.84. The average molecular weight is 456 g/mol. The predicted molar refractivity (Wildman–Crippen MR) is 123 cm³/mol. The molecule has 0 heterocycles. The number of aryl methyl sites for hydroxylation is 1. The van der Waals surface area contributed by atoms with Crippen LogP contribution in [0.3, 0.4) is 0 Å². The molecule has 0 aliphatic rings. The summed E-state index contributed by atoms with van der Waals surface area (Å²) in [4.78, 5) is 24.1. The molecule has 0 aliphatic heterocycles. The van der Waals surface area contributed by atoms with Crippen LogP contribution in [0.2, 0.25) is 10.0 Å². The van der Waals surface area contributed by atoms with Crippen molar-refractivity contribution >= 4 is 47.0 Å². The SMILES string of the molecule is Cc1cccc(NCC(=O)N/N=C/c2ccc(OC(=O)c3ccc(Cl)cc3Cl)cc2)c1. The molecule has 31 heavy (non-hydrogen) atoms. The molecule has 0 aliphatic carbocycles. The van der Waals surface area contributed by atoms with Gasteiger partial charge in [-0.05, 0) is 72.6 Å². The summed E-state index contributed by atoms with van der Waals surface area (Å²) in [6, 6.07) is 18.9. The first-order valence-corrected chi connectivity index (χ1v) is 10.1. The van der Waals surface area contributed by atoms with Gasteiger partial charge in [0.15, 0.2) is 0 Å². The largest absolute Gasteiger partial charge is 0.423 e. The number of esters is 1. The van der Waals surface area contributed by atoms with E-state index in [1.165, 1.54) is 18.3 Å². The highest BCUT2D eigenvalue weighted by Gasteiger charge is 2.13. The molecule has 0 atom stereocenters. The van der Waals surface area contributed by atoms with Crippen molar-refractivity contribution in [1.29, 1.82) is 0 Å². The highest BCUT2D eigenvalue weighted by Crippen LogP contribution is 2.23. The minimum Gasteiger partial charge on any atom is -0.423 e. The zero-order chi connectivity index (χ0) is 22.2. The van der Waals surface area contributed by atoms with Crippen LogP contribution in [0.5, 0.6) is 5.75 Å². The van der Waals surface area contributed by atoms with Gasteiger partial charge < -0.3 is 10.1 Å². The van der Waals surface area contributed by atoms with Gasteiger partial charge in [-0.1, -0.05) is 35.3 Å². The summed E-state index contributed by atoms with van der Waals surface area (Å²) < 4.78 is 5.31. The summed E-state index contributed by atoms with van der Waals surface area (Å²) in [7, 11) is 0. The Labute approximate surface area is 189 Å². The second-order valence-corrected chi connectivity index (χ2v) is 7.44. The van der Waals surface area contributed by atoms with E-state index in [-0.39, 0.29) is 23.0 Å². The quantitative estimate of drug-likeness (QED) is 0.225. The summed E-state index contributed by atoms with van der Waals surface area (Å²) >= 11 is 11.9. The Kier molecular flexibility index (Phi) is 7.65. The molecule has 0 spiro atoms.